The van der Waals surface area contributed by atoms with E-state index in [9.17, 15) is 0 Å². The molecule has 0 aliphatic rings. The van der Waals surface area contributed by atoms with Crippen molar-refractivity contribution >= 4 is 21.5 Å². The molecule has 0 N–H and O–H groups in total. The minimum atomic E-state index is 0.834. The van der Waals surface area contributed by atoms with Gasteiger partial charge in [0.25, 0.3) is 0 Å². The Kier molecular flexibility index (Phi) is 3.64. The third-order valence-corrected chi connectivity index (χ3v) is 3.31. The summed E-state index contributed by atoms with van der Waals surface area (Å²) in [6, 6.07) is 16.0. The molecule has 2 rings (SSSR count). The molecule has 0 unspecified atom stereocenters. The molecule has 0 amide bonds. The van der Waals surface area contributed by atoms with Crippen molar-refractivity contribution in [2.45, 2.75) is 0 Å². The van der Waals surface area contributed by atoms with Crippen LogP contribution in [-0.2, 0) is 0 Å². The Morgan fingerprint density at radius 3 is 2.47 bits per heavy atom. The zero-order chi connectivity index (χ0) is 12.3. The van der Waals surface area contributed by atoms with Crippen molar-refractivity contribution in [1.29, 1.82) is 0 Å². The van der Waals surface area contributed by atoms with Crippen LogP contribution in [0.15, 0.2) is 59.6 Å². The third-order valence-electron chi connectivity index (χ3n) is 2.62. The van der Waals surface area contributed by atoms with E-state index in [4.69, 9.17) is 4.74 Å². The molecule has 17 heavy (non-hydrogen) atoms. The lowest BCUT2D eigenvalue weighted by atomic mass is 9.99. The van der Waals surface area contributed by atoms with Crippen molar-refractivity contribution in [3.63, 3.8) is 0 Å². The van der Waals surface area contributed by atoms with Crippen molar-refractivity contribution < 1.29 is 4.74 Å². The summed E-state index contributed by atoms with van der Waals surface area (Å²) >= 11 is 3.54. The summed E-state index contributed by atoms with van der Waals surface area (Å²) in [6.45, 7) is 4.15. The summed E-state index contributed by atoms with van der Waals surface area (Å²) in [4.78, 5) is 0. The normalized spacial score (nSPS) is 10.0. The van der Waals surface area contributed by atoms with Crippen LogP contribution in [0.2, 0.25) is 0 Å². The van der Waals surface area contributed by atoms with Crippen molar-refractivity contribution in [3.05, 3.63) is 70.7 Å². The maximum absolute atomic E-state index is 5.23. The molecule has 0 saturated carbocycles. The molecule has 0 heterocycles. The Labute approximate surface area is 110 Å². The fourth-order valence-corrected chi connectivity index (χ4v) is 2.14. The average Bonchev–Trinajstić information content (AvgIpc) is 2.39. The van der Waals surface area contributed by atoms with Crippen LogP contribution >= 0.6 is 15.9 Å². The fraction of sp³-hybridized carbons (Fsp3) is 0.0667. The minimum Gasteiger partial charge on any atom is -0.497 e. The lowest BCUT2D eigenvalue weighted by Gasteiger charge is -2.10. The van der Waals surface area contributed by atoms with Crippen LogP contribution < -0.4 is 4.74 Å². The smallest absolute Gasteiger partial charge is 0.119 e. The SMILES string of the molecule is C=C(c1ccccc1)c1cc(OC)ccc1Br. The van der Waals surface area contributed by atoms with E-state index in [1.807, 2.05) is 48.5 Å². The minimum absolute atomic E-state index is 0.834. The van der Waals surface area contributed by atoms with Gasteiger partial charge in [0, 0.05) is 4.47 Å². The maximum atomic E-state index is 5.23. The van der Waals surface area contributed by atoms with Gasteiger partial charge in [-0.15, -0.1) is 0 Å². The van der Waals surface area contributed by atoms with E-state index in [1.165, 1.54) is 0 Å². The highest BCUT2D eigenvalue weighted by atomic mass is 79.9. The predicted molar refractivity (Wildman–Crippen MR) is 75.3 cm³/mol. The van der Waals surface area contributed by atoms with Crippen LogP contribution in [0.25, 0.3) is 5.57 Å². The Morgan fingerprint density at radius 1 is 1.12 bits per heavy atom. The van der Waals surface area contributed by atoms with Crippen molar-refractivity contribution in [2.24, 2.45) is 0 Å². The van der Waals surface area contributed by atoms with E-state index in [2.05, 4.69) is 22.5 Å². The lowest BCUT2D eigenvalue weighted by Crippen LogP contribution is -1.90. The Hall–Kier alpha value is -1.54. The van der Waals surface area contributed by atoms with Crippen LogP contribution in [-0.4, -0.2) is 7.11 Å². The topological polar surface area (TPSA) is 9.23 Å². The Bertz CT molecular complexity index is 532. The first kappa shape index (κ1) is 11.9. The van der Waals surface area contributed by atoms with E-state index >= 15 is 0 Å². The second-order valence-corrected chi connectivity index (χ2v) is 4.54. The highest BCUT2D eigenvalue weighted by molar-refractivity contribution is 9.10. The van der Waals surface area contributed by atoms with Crippen LogP contribution in [0, 0.1) is 0 Å². The van der Waals surface area contributed by atoms with E-state index in [0.29, 0.717) is 0 Å². The van der Waals surface area contributed by atoms with Gasteiger partial charge in [-0.3, -0.25) is 0 Å². The quantitative estimate of drug-likeness (QED) is 0.807. The van der Waals surface area contributed by atoms with Gasteiger partial charge in [0.1, 0.15) is 5.75 Å². The number of hydrogen-bond donors (Lipinski definition) is 0. The first-order valence-corrected chi connectivity index (χ1v) is 6.10. The molecular formula is C15H13BrO. The summed E-state index contributed by atoms with van der Waals surface area (Å²) in [5.74, 6) is 0.834. The zero-order valence-electron chi connectivity index (χ0n) is 9.61. The number of methoxy groups -OCH3 is 1. The second-order valence-electron chi connectivity index (χ2n) is 3.69. The average molecular weight is 289 g/mol. The Morgan fingerprint density at radius 2 is 1.82 bits per heavy atom. The zero-order valence-corrected chi connectivity index (χ0v) is 11.2. The largest absolute Gasteiger partial charge is 0.497 e. The molecule has 0 aliphatic heterocycles. The van der Waals surface area contributed by atoms with Gasteiger partial charge in [-0.1, -0.05) is 52.8 Å². The molecule has 0 aliphatic carbocycles. The van der Waals surface area contributed by atoms with Crippen molar-refractivity contribution in [1.82, 2.24) is 0 Å². The molecule has 2 aromatic rings. The second kappa shape index (κ2) is 5.19. The maximum Gasteiger partial charge on any atom is 0.119 e. The van der Waals surface area contributed by atoms with Gasteiger partial charge < -0.3 is 4.74 Å². The molecule has 0 saturated heterocycles. The number of halogens is 1. The van der Waals surface area contributed by atoms with Gasteiger partial charge >= 0.3 is 0 Å². The molecule has 0 fully saturated rings. The fourth-order valence-electron chi connectivity index (χ4n) is 1.66. The van der Waals surface area contributed by atoms with Crippen LogP contribution in [0.3, 0.4) is 0 Å². The molecular weight excluding hydrogens is 276 g/mol. The molecule has 0 radical (unpaired) electrons. The number of rotatable bonds is 3. The van der Waals surface area contributed by atoms with Gasteiger partial charge in [0.2, 0.25) is 0 Å². The molecule has 86 valence electrons. The van der Waals surface area contributed by atoms with Crippen molar-refractivity contribution in [3.8, 4) is 5.75 Å². The first-order valence-electron chi connectivity index (χ1n) is 5.30. The number of ether oxygens (including phenoxy) is 1. The van der Waals surface area contributed by atoms with Gasteiger partial charge in [0.15, 0.2) is 0 Å². The molecule has 0 spiro atoms. The van der Waals surface area contributed by atoms with Gasteiger partial charge in [-0.2, -0.15) is 0 Å². The molecule has 0 bridgehead atoms. The summed E-state index contributed by atoms with van der Waals surface area (Å²) < 4.78 is 6.25. The van der Waals surface area contributed by atoms with Crippen molar-refractivity contribution in [2.75, 3.05) is 7.11 Å². The van der Waals surface area contributed by atoms with Gasteiger partial charge in [0.05, 0.1) is 7.11 Å². The summed E-state index contributed by atoms with van der Waals surface area (Å²) in [7, 11) is 1.66. The highest BCUT2D eigenvalue weighted by Crippen LogP contribution is 2.31. The van der Waals surface area contributed by atoms with E-state index in [1.54, 1.807) is 7.11 Å². The number of benzene rings is 2. The molecule has 0 aromatic heterocycles. The monoisotopic (exact) mass is 288 g/mol. The van der Waals surface area contributed by atoms with Crippen LogP contribution in [0.1, 0.15) is 11.1 Å². The standard InChI is InChI=1S/C15H13BrO/c1-11(12-6-4-3-5-7-12)14-10-13(17-2)8-9-15(14)16/h3-10H,1H2,2H3. The molecule has 2 aromatic carbocycles. The first-order chi connectivity index (χ1) is 8.22. The van der Waals surface area contributed by atoms with Gasteiger partial charge in [-0.25, -0.2) is 0 Å². The van der Waals surface area contributed by atoms with Gasteiger partial charge in [-0.05, 0) is 34.9 Å². The van der Waals surface area contributed by atoms with E-state index < -0.39 is 0 Å². The molecule has 0 atom stereocenters. The summed E-state index contributed by atoms with van der Waals surface area (Å²) in [5.41, 5.74) is 3.15. The highest BCUT2D eigenvalue weighted by Gasteiger charge is 2.07. The molecule has 2 heteroatoms. The van der Waals surface area contributed by atoms with Crippen LogP contribution in [0.5, 0.6) is 5.75 Å². The predicted octanol–water partition coefficient (Wildman–Crippen LogP) is 4.52. The van der Waals surface area contributed by atoms with Crippen LogP contribution in [0.4, 0.5) is 0 Å². The third kappa shape index (κ3) is 2.59. The lowest BCUT2D eigenvalue weighted by molar-refractivity contribution is 0.414. The summed E-state index contributed by atoms with van der Waals surface area (Å²) in [6.07, 6.45) is 0. The summed E-state index contributed by atoms with van der Waals surface area (Å²) in [5, 5.41) is 0. The Balaban J connectivity index is 2.44. The van der Waals surface area contributed by atoms with E-state index in [-0.39, 0.29) is 0 Å². The molecule has 1 nitrogen and oxygen atoms in total. The van der Waals surface area contributed by atoms with E-state index in [0.717, 1.165) is 26.9 Å². The number of hydrogen-bond acceptors (Lipinski definition) is 1.